The van der Waals surface area contributed by atoms with E-state index in [0.29, 0.717) is 49.9 Å². The molecule has 9 heteroatoms. The van der Waals surface area contributed by atoms with Crippen molar-refractivity contribution in [1.29, 1.82) is 0 Å². The van der Waals surface area contributed by atoms with Crippen molar-refractivity contribution >= 4 is 34.8 Å². The fourth-order valence-electron chi connectivity index (χ4n) is 4.75. The van der Waals surface area contributed by atoms with Gasteiger partial charge in [-0.25, -0.2) is 4.79 Å². The number of rotatable bonds is 7. The summed E-state index contributed by atoms with van der Waals surface area (Å²) >= 11 is 1.03. The van der Waals surface area contributed by atoms with Gasteiger partial charge in [0.1, 0.15) is 10.9 Å². The van der Waals surface area contributed by atoms with Crippen LogP contribution in [0.15, 0.2) is 6.07 Å². The van der Waals surface area contributed by atoms with E-state index in [1.807, 2.05) is 20.8 Å². The Hall–Kier alpha value is -2.41. The summed E-state index contributed by atoms with van der Waals surface area (Å²) in [6, 6.07) is 0.643. The molecule has 0 aromatic carbocycles. The third-order valence-electron chi connectivity index (χ3n) is 7.00. The van der Waals surface area contributed by atoms with E-state index in [2.05, 4.69) is 18.8 Å². The maximum atomic E-state index is 14.2. The first-order chi connectivity index (χ1) is 17.4. The molecular formula is C28H40N2O6S. The van der Waals surface area contributed by atoms with Crippen LogP contribution in [0.3, 0.4) is 0 Å². The van der Waals surface area contributed by atoms with Crippen LogP contribution in [0.2, 0.25) is 0 Å². The molecule has 2 atom stereocenters. The number of hydrogen-bond acceptors (Lipinski definition) is 6. The molecule has 1 aromatic rings. The molecule has 0 spiro atoms. The van der Waals surface area contributed by atoms with Crippen LogP contribution >= 0.6 is 11.3 Å². The number of amides is 2. The first-order valence-electron chi connectivity index (χ1n) is 13.1. The quantitative estimate of drug-likeness (QED) is 0.527. The lowest BCUT2D eigenvalue weighted by molar-refractivity contribution is -0.142. The summed E-state index contributed by atoms with van der Waals surface area (Å²) in [5.41, 5.74) is -0.0591. The molecule has 3 rings (SSSR count). The zero-order valence-corrected chi connectivity index (χ0v) is 23.7. The molecule has 1 aliphatic carbocycles. The van der Waals surface area contributed by atoms with E-state index in [1.54, 1.807) is 17.9 Å². The first kappa shape index (κ1) is 29.2. The Kier molecular flexibility index (Phi) is 9.79. The Morgan fingerprint density at radius 1 is 1.19 bits per heavy atom. The summed E-state index contributed by atoms with van der Waals surface area (Å²) in [5, 5.41) is 10.1. The van der Waals surface area contributed by atoms with Crippen molar-refractivity contribution < 1.29 is 29.0 Å². The second-order valence-electron chi connectivity index (χ2n) is 11.1. The number of morpholine rings is 1. The molecule has 204 valence electrons. The lowest BCUT2D eigenvalue weighted by Crippen LogP contribution is -2.59. The smallest absolute Gasteiger partial charge is 0.348 e. The Morgan fingerprint density at radius 2 is 1.81 bits per heavy atom. The van der Waals surface area contributed by atoms with Crippen LogP contribution < -0.4 is 4.90 Å². The fraction of sp³-hybridized carbons (Fsp3) is 0.679. The zero-order chi connectivity index (χ0) is 27.3. The van der Waals surface area contributed by atoms with E-state index in [9.17, 15) is 19.5 Å². The van der Waals surface area contributed by atoms with Crippen LogP contribution in [0.5, 0.6) is 0 Å². The summed E-state index contributed by atoms with van der Waals surface area (Å²) in [7, 11) is 1.50. The number of thiophene rings is 1. The number of methoxy groups -OCH3 is 1. The SMILES string of the molecule is CO[C@H](C)[C@H](C(=O)N1CCOCC1)N(C(=O)C1CCC(C)CC1)c1cc(C#CC(C)(C)C)sc1C(=O)O. The monoisotopic (exact) mass is 532 g/mol. The summed E-state index contributed by atoms with van der Waals surface area (Å²) in [5.74, 6) is 4.83. The average molecular weight is 533 g/mol. The number of ether oxygens (including phenoxy) is 2. The molecule has 2 heterocycles. The second kappa shape index (κ2) is 12.4. The number of aromatic carboxylic acids is 1. The number of carboxylic acids is 1. The third kappa shape index (κ3) is 7.34. The number of carboxylic acid groups (broad SMARTS) is 1. The Balaban J connectivity index is 2.14. The molecule has 1 aromatic heterocycles. The van der Waals surface area contributed by atoms with Crippen molar-refractivity contribution in [3.8, 4) is 11.8 Å². The highest BCUT2D eigenvalue weighted by Crippen LogP contribution is 2.37. The van der Waals surface area contributed by atoms with Gasteiger partial charge in [0.05, 0.1) is 29.9 Å². The molecular weight excluding hydrogens is 492 g/mol. The zero-order valence-electron chi connectivity index (χ0n) is 22.8. The van der Waals surface area contributed by atoms with Gasteiger partial charge < -0.3 is 19.5 Å². The molecule has 1 saturated heterocycles. The van der Waals surface area contributed by atoms with E-state index in [1.165, 1.54) is 12.0 Å². The van der Waals surface area contributed by atoms with E-state index >= 15 is 0 Å². The van der Waals surface area contributed by atoms with Crippen LogP contribution in [0.1, 0.15) is 74.9 Å². The molecule has 1 saturated carbocycles. The van der Waals surface area contributed by atoms with Gasteiger partial charge in [-0.3, -0.25) is 14.5 Å². The number of nitrogens with zero attached hydrogens (tertiary/aromatic N) is 2. The minimum absolute atomic E-state index is 0.00110. The largest absolute Gasteiger partial charge is 0.477 e. The van der Waals surface area contributed by atoms with Crippen molar-refractivity contribution in [3.05, 3.63) is 15.8 Å². The van der Waals surface area contributed by atoms with Crippen molar-refractivity contribution in [3.63, 3.8) is 0 Å². The summed E-state index contributed by atoms with van der Waals surface area (Å²) < 4.78 is 11.1. The Labute approximate surface area is 224 Å². The van der Waals surface area contributed by atoms with Gasteiger partial charge >= 0.3 is 5.97 Å². The predicted octanol–water partition coefficient (Wildman–Crippen LogP) is 4.27. The molecule has 2 amide bonds. The molecule has 2 aliphatic rings. The predicted molar refractivity (Wildman–Crippen MR) is 144 cm³/mol. The van der Waals surface area contributed by atoms with Gasteiger partial charge in [-0.05, 0) is 65.4 Å². The maximum absolute atomic E-state index is 14.2. The first-order valence-corrected chi connectivity index (χ1v) is 13.9. The molecule has 2 fully saturated rings. The number of carbonyl (C=O) groups excluding carboxylic acids is 2. The molecule has 8 nitrogen and oxygen atoms in total. The van der Waals surface area contributed by atoms with Gasteiger partial charge in [-0.15, -0.1) is 11.3 Å². The van der Waals surface area contributed by atoms with Crippen molar-refractivity contribution in [1.82, 2.24) is 4.90 Å². The van der Waals surface area contributed by atoms with Crippen LogP contribution in [0.4, 0.5) is 5.69 Å². The van der Waals surface area contributed by atoms with E-state index in [4.69, 9.17) is 9.47 Å². The molecule has 0 bridgehead atoms. The number of anilines is 1. The van der Waals surface area contributed by atoms with Gasteiger partial charge in [0.25, 0.3) is 0 Å². The maximum Gasteiger partial charge on any atom is 0.348 e. The number of carbonyl (C=O) groups is 3. The van der Waals surface area contributed by atoms with Gasteiger partial charge in [0.15, 0.2) is 0 Å². The minimum Gasteiger partial charge on any atom is -0.477 e. The van der Waals surface area contributed by atoms with Gasteiger partial charge in [0.2, 0.25) is 11.8 Å². The lowest BCUT2D eigenvalue weighted by Gasteiger charge is -2.40. The van der Waals surface area contributed by atoms with Crippen LogP contribution in [0, 0.1) is 29.1 Å². The number of hydrogen-bond donors (Lipinski definition) is 1. The highest BCUT2D eigenvalue weighted by atomic mass is 32.1. The van der Waals surface area contributed by atoms with Crippen LogP contribution in [0.25, 0.3) is 0 Å². The lowest BCUT2D eigenvalue weighted by atomic mass is 9.82. The molecule has 0 unspecified atom stereocenters. The Bertz CT molecular complexity index is 1040. The van der Waals surface area contributed by atoms with E-state index < -0.39 is 18.1 Å². The van der Waals surface area contributed by atoms with Crippen molar-refractivity contribution in [2.24, 2.45) is 17.3 Å². The molecule has 0 radical (unpaired) electrons. The van der Waals surface area contributed by atoms with Crippen LogP contribution in [-0.2, 0) is 19.1 Å². The highest BCUT2D eigenvalue weighted by molar-refractivity contribution is 7.15. The second-order valence-corrected chi connectivity index (χ2v) is 12.2. The van der Waals surface area contributed by atoms with Crippen molar-refractivity contribution in [2.45, 2.75) is 72.4 Å². The van der Waals surface area contributed by atoms with E-state index in [0.717, 1.165) is 24.2 Å². The van der Waals surface area contributed by atoms with E-state index in [-0.39, 0.29) is 33.7 Å². The summed E-state index contributed by atoms with van der Waals surface area (Å²) in [4.78, 5) is 44.2. The van der Waals surface area contributed by atoms with Gasteiger partial charge in [0, 0.05) is 31.5 Å². The highest BCUT2D eigenvalue weighted by Gasteiger charge is 2.43. The molecule has 37 heavy (non-hydrogen) atoms. The normalized spacial score (nSPS) is 21.9. The van der Waals surface area contributed by atoms with Crippen molar-refractivity contribution in [2.75, 3.05) is 38.3 Å². The standard InChI is InChI=1S/C28H40N2O6S/c1-18-7-9-20(10-8-18)25(31)30(23(19(2)35-6)26(32)29-13-15-36-16-14-29)22-17-21(11-12-28(3,4)5)37-24(22)27(33)34/h17-20,23H,7-10,13-16H2,1-6H3,(H,33,34)/t18?,19-,20?,23-/m1/s1. The van der Waals surface area contributed by atoms with Crippen LogP contribution in [-0.4, -0.2) is 73.3 Å². The molecule has 1 N–H and O–H groups in total. The molecule has 1 aliphatic heterocycles. The summed E-state index contributed by atoms with van der Waals surface area (Å²) in [6.07, 6.45) is 2.60. The summed E-state index contributed by atoms with van der Waals surface area (Å²) in [6.45, 7) is 11.5. The Morgan fingerprint density at radius 3 is 2.35 bits per heavy atom. The van der Waals surface area contributed by atoms with Gasteiger partial charge in [-0.2, -0.15) is 0 Å². The average Bonchev–Trinajstić information content (AvgIpc) is 3.29. The minimum atomic E-state index is -1.15. The third-order valence-corrected chi connectivity index (χ3v) is 8.03. The van der Waals surface area contributed by atoms with Gasteiger partial charge in [-0.1, -0.05) is 18.8 Å². The fourth-order valence-corrected chi connectivity index (χ4v) is 5.60. The topological polar surface area (TPSA) is 96.4 Å².